The second-order valence-corrected chi connectivity index (χ2v) is 6.07. The molecule has 0 saturated carbocycles. The Bertz CT molecular complexity index is 741. The van der Waals surface area contributed by atoms with Gasteiger partial charge in [0.05, 0.1) is 17.8 Å². The molecule has 1 aromatic heterocycles. The van der Waals surface area contributed by atoms with E-state index in [1.807, 2.05) is 49.1 Å². The second-order valence-electron chi connectivity index (χ2n) is 6.07. The molecule has 2 aromatic rings. The van der Waals surface area contributed by atoms with Gasteiger partial charge in [-0.1, -0.05) is 32.0 Å². The lowest BCUT2D eigenvalue weighted by Gasteiger charge is -2.29. The third-order valence-corrected chi connectivity index (χ3v) is 4.71. The van der Waals surface area contributed by atoms with Crippen LogP contribution in [0, 0.1) is 5.92 Å². The quantitative estimate of drug-likeness (QED) is 0.943. The Morgan fingerprint density at radius 2 is 1.91 bits per heavy atom. The molecule has 0 spiro atoms. The Hall–Kier alpha value is -2.30. The maximum absolute atomic E-state index is 12.7. The molecular formula is C18H23N3O2. The second kappa shape index (κ2) is 6.44. The molecular weight excluding hydrogens is 290 g/mol. The van der Waals surface area contributed by atoms with Crippen molar-refractivity contribution >= 4 is 5.91 Å². The molecule has 1 amide bonds. The fraction of sp³-hybridized carbons (Fsp3) is 0.444. The number of hydrogen-bond acceptors (Lipinski definition) is 2. The maximum atomic E-state index is 12.7. The van der Waals surface area contributed by atoms with Gasteiger partial charge in [-0.2, -0.15) is 0 Å². The van der Waals surface area contributed by atoms with Crippen LogP contribution < -0.4 is 5.56 Å². The highest BCUT2D eigenvalue weighted by atomic mass is 16.2. The molecule has 0 unspecified atom stereocenters. The Kier molecular flexibility index (Phi) is 4.37. The highest BCUT2D eigenvalue weighted by Crippen LogP contribution is 2.20. The molecule has 23 heavy (non-hydrogen) atoms. The molecule has 1 N–H and O–H groups in total. The molecule has 0 radical (unpaired) electrons. The number of aromatic nitrogens is 2. The lowest BCUT2D eigenvalue weighted by atomic mass is 9.99. The Labute approximate surface area is 135 Å². The minimum atomic E-state index is -0.0479. The molecule has 5 nitrogen and oxygen atoms in total. The van der Waals surface area contributed by atoms with Crippen molar-refractivity contribution in [3.63, 3.8) is 0 Å². The third-order valence-electron chi connectivity index (χ3n) is 4.71. The Balaban J connectivity index is 1.89. The third kappa shape index (κ3) is 2.83. The van der Waals surface area contributed by atoms with E-state index in [-0.39, 0.29) is 17.4 Å². The summed E-state index contributed by atoms with van der Waals surface area (Å²) in [7, 11) is 0. The van der Waals surface area contributed by atoms with E-state index in [1.54, 1.807) is 4.68 Å². The standard InChI is InChI=1S/C18H23N3O2/c1-3-13(4-2)17(22)20-11-10-16-15(12-20)18(23)21(19-16)14-8-6-5-7-9-14/h5-9,13,19H,3-4,10-12H2,1-2H3. The van der Waals surface area contributed by atoms with Crippen molar-refractivity contribution in [1.29, 1.82) is 0 Å². The highest BCUT2D eigenvalue weighted by molar-refractivity contribution is 5.79. The van der Waals surface area contributed by atoms with Crippen LogP contribution in [0.1, 0.15) is 37.9 Å². The zero-order valence-electron chi connectivity index (χ0n) is 13.7. The molecule has 1 aromatic carbocycles. The van der Waals surface area contributed by atoms with E-state index in [9.17, 15) is 9.59 Å². The number of carbonyl (C=O) groups is 1. The number of fused-ring (bicyclic) bond motifs is 1. The molecule has 122 valence electrons. The minimum Gasteiger partial charge on any atom is -0.337 e. The van der Waals surface area contributed by atoms with Gasteiger partial charge in [0.2, 0.25) is 5.91 Å². The van der Waals surface area contributed by atoms with Crippen molar-refractivity contribution in [2.75, 3.05) is 6.54 Å². The molecule has 5 heteroatoms. The number of aromatic amines is 1. The van der Waals surface area contributed by atoms with Crippen LogP contribution in [-0.2, 0) is 17.8 Å². The molecule has 1 aliphatic rings. The molecule has 2 heterocycles. The van der Waals surface area contributed by atoms with Gasteiger partial charge in [-0.25, -0.2) is 4.68 Å². The van der Waals surface area contributed by atoms with Crippen LogP contribution in [0.4, 0.5) is 0 Å². The summed E-state index contributed by atoms with van der Waals surface area (Å²) in [5.41, 5.74) is 2.45. The Morgan fingerprint density at radius 1 is 1.22 bits per heavy atom. The summed E-state index contributed by atoms with van der Waals surface area (Å²) < 4.78 is 1.58. The summed E-state index contributed by atoms with van der Waals surface area (Å²) in [4.78, 5) is 27.1. The van der Waals surface area contributed by atoms with Gasteiger partial charge in [0, 0.05) is 24.6 Å². The van der Waals surface area contributed by atoms with Gasteiger partial charge in [0.25, 0.3) is 5.56 Å². The maximum Gasteiger partial charge on any atom is 0.276 e. The molecule has 0 saturated heterocycles. The topological polar surface area (TPSA) is 58.1 Å². The van der Waals surface area contributed by atoms with Crippen LogP contribution in [0.25, 0.3) is 5.69 Å². The molecule has 3 rings (SSSR count). The van der Waals surface area contributed by atoms with Crippen molar-refractivity contribution in [2.45, 2.75) is 39.7 Å². The summed E-state index contributed by atoms with van der Waals surface area (Å²) in [6.07, 6.45) is 2.40. The number of nitrogens with one attached hydrogen (secondary N) is 1. The summed E-state index contributed by atoms with van der Waals surface area (Å²) >= 11 is 0. The van der Waals surface area contributed by atoms with Gasteiger partial charge in [0.1, 0.15) is 0 Å². The summed E-state index contributed by atoms with van der Waals surface area (Å²) in [5, 5.41) is 3.20. The van der Waals surface area contributed by atoms with E-state index in [0.717, 1.165) is 29.8 Å². The van der Waals surface area contributed by atoms with E-state index >= 15 is 0 Å². The Morgan fingerprint density at radius 3 is 2.57 bits per heavy atom. The van der Waals surface area contributed by atoms with Crippen molar-refractivity contribution in [3.05, 3.63) is 51.9 Å². The minimum absolute atomic E-state index is 0.0479. The van der Waals surface area contributed by atoms with E-state index in [2.05, 4.69) is 5.10 Å². The number of nitrogens with zero attached hydrogens (tertiary/aromatic N) is 2. The first-order valence-electron chi connectivity index (χ1n) is 8.32. The fourth-order valence-corrected chi connectivity index (χ4v) is 3.25. The molecule has 0 aliphatic carbocycles. The fourth-order valence-electron chi connectivity index (χ4n) is 3.25. The molecule has 0 bridgehead atoms. The normalized spacial score (nSPS) is 14.1. The predicted molar refractivity (Wildman–Crippen MR) is 89.6 cm³/mol. The molecule has 0 fully saturated rings. The predicted octanol–water partition coefficient (Wildman–Crippen LogP) is 2.49. The first-order chi connectivity index (χ1) is 11.2. The summed E-state index contributed by atoms with van der Waals surface area (Å²) in [6, 6.07) is 9.54. The van der Waals surface area contributed by atoms with Crippen LogP contribution in [0.5, 0.6) is 0 Å². The van der Waals surface area contributed by atoms with Crippen LogP contribution in [0.3, 0.4) is 0 Å². The van der Waals surface area contributed by atoms with Crippen LogP contribution in [-0.4, -0.2) is 27.1 Å². The number of hydrogen-bond donors (Lipinski definition) is 1. The van der Waals surface area contributed by atoms with Crippen molar-refractivity contribution in [3.8, 4) is 5.69 Å². The zero-order valence-corrected chi connectivity index (χ0v) is 13.7. The van der Waals surface area contributed by atoms with Crippen molar-refractivity contribution < 1.29 is 4.79 Å². The van der Waals surface area contributed by atoms with E-state index in [0.29, 0.717) is 19.5 Å². The number of amides is 1. The van der Waals surface area contributed by atoms with Crippen LogP contribution in [0.15, 0.2) is 35.1 Å². The molecule has 1 aliphatic heterocycles. The smallest absolute Gasteiger partial charge is 0.276 e. The first-order valence-corrected chi connectivity index (χ1v) is 8.32. The average Bonchev–Trinajstić information content (AvgIpc) is 2.93. The van der Waals surface area contributed by atoms with Gasteiger partial charge in [0.15, 0.2) is 0 Å². The average molecular weight is 313 g/mol. The van der Waals surface area contributed by atoms with E-state index in [4.69, 9.17) is 0 Å². The van der Waals surface area contributed by atoms with Crippen LogP contribution in [0.2, 0.25) is 0 Å². The van der Waals surface area contributed by atoms with Gasteiger partial charge in [-0.3, -0.25) is 14.7 Å². The van der Waals surface area contributed by atoms with Crippen molar-refractivity contribution in [1.82, 2.24) is 14.7 Å². The van der Waals surface area contributed by atoms with Gasteiger partial charge < -0.3 is 4.90 Å². The number of carbonyl (C=O) groups excluding carboxylic acids is 1. The largest absolute Gasteiger partial charge is 0.337 e. The lowest BCUT2D eigenvalue weighted by molar-refractivity contribution is -0.136. The van der Waals surface area contributed by atoms with Gasteiger partial charge in [-0.05, 0) is 25.0 Å². The first kappa shape index (κ1) is 15.6. The monoisotopic (exact) mass is 313 g/mol. The summed E-state index contributed by atoms with van der Waals surface area (Å²) in [6.45, 7) is 5.18. The highest BCUT2D eigenvalue weighted by Gasteiger charge is 2.28. The number of benzene rings is 1. The zero-order chi connectivity index (χ0) is 16.4. The molecule has 0 atom stereocenters. The van der Waals surface area contributed by atoms with Crippen LogP contribution >= 0.6 is 0 Å². The van der Waals surface area contributed by atoms with E-state index in [1.165, 1.54) is 0 Å². The summed E-state index contributed by atoms with van der Waals surface area (Å²) in [5.74, 6) is 0.236. The number of rotatable bonds is 4. The SMILES string of the molecule is CCC(CC)C(=O)N1CCc2[nH]n(-c3ccccc3)c(=O)c2C1. The van der Waals surface area contributed by atoms with Gasteiger partial charge >= 0.3 is 0 Å². The van der Waals surface area contributed by atoms with Crippen molar-refractivity contribution in [2.24, 2.45) is 5.92 Å². The van der Waals surface area contributed by atoms with E-state index < -0.39 is 0 Å². The number of para-hydroxylation sites is 1. The number of H-pyrrole nitrogens is 1. The van der Waals surface area contributed by atoms with Gasteiger partial charge in [-0.15, -0.1) is 0 Å². The lowest BCUT2D eigenvalue weighted by Crippen LogP contribution is -2.40.